The Balaban J connectivity index is 1.40. The van der Waals surface area contributed by atoms with Crippen molar-refractivity contribution >= 4 is 29.0 Å². The molecule has 1 aromatic carbocycles. The molecule has 1 fully saturated rings. The zero-order chi connectivity index (χ0) is 21.8. The molecule has 3 heterocycles. The summed E-state index contributed by atoms with van der Waals surface area (Å²) < 4.78 is 7.29. The first-order valence-electron chi connectivity index (χ1n) is 10.3. The predicted molar refractivity (Wildman–Crippen MR) is 120 cm³/mol. The van der Waals surface area contributed by atoms with Crippen LogP contribution in [0.5, 0.6) is 0 Å². The zero-order valence-corrected chi connectivity index (χ0v) is 18.5. The third kappa shape index (κ3) is 4.55. The number of carbonyl (C=O) groups is 2. The summed E-state index contributed by atoms with van der Waals surface area (Å²) in [5, 5.41) is 9.36. The molecule has 162 valence electrons. The van der Waals surface area contributed by atoms with Crippen LogP contribution in [-0.2, 0) is 9.53 Å². The normalized spacial score (nSPS) is 15.6. The van der Waals surface area contributed by atoms with Gasteiger partial charge in [-0.3, -0.25) is 9.59 Å². The highest BCUT2D eigenvalue weighted by atomic mass is 32.1. The van der Waals surface area contributed by atoms with Crippen LogP contribution in [0.2, 0.25) is 0 Å². The van der Waals surface area contributed by atoms with E-state index in [1.807, 2.05) is 58.3 Å². The number of aryl methyl sites for hydroxylation is 1. The van der Waals surface area contributed by atoms with Gasteiger partial charge in [-0.2, -0.15) is 5.10 Å². The van der Waals surface area contributed by atoms with Crippen molar-refractivity contribution in [1.29, 1.82) is 0 Å². The number of ether oxygens (including phenoxy) is 1. The summed E-state index contributed by atoms with van der Waals surface area (Å²) in [5.74, 6) is 0.504. The number of likely N-dealkylation sites (tertiary alicyclic amines) is 1. The Morgan fingerprint density at radius 1 is 1.16 bits per heavy atom. The van der Waals surface area contributed by atoms with E-state index in [2.05, 4.69) is 10.4 Å². The minimum Gasteiger partial charge on any atom is -0.367 e. The summed E-state index contributed by atoms with van der Waals surface area (Å²) in [4.78, 5) is 28.4. The molecule has 1 atom stereocenters. The fraction of sp³-hybridized carbons (Fsp3) is 0.348. The van der Waals surface area contributed by atoms with Gasteiger partial charge in [-0.15, -0.1) is 11.3 Å². The third-order valence-electron chi connectivity index (χ3n) is 5.65. The first-order valence-corrected chi connectivity index (χ1v) is 11.2. The smallest absolute Gasteiger partial charge is 0.264 e. The molecule has 2 aromatic heterocycles. The Labute approximate surface area is 185 Å². The van der Waals surface area contributed by atoms with Gasteiger partial charge in [0.15, 0.2) is 6.10 Å². The summed E-state index contributed by atoms with van der Waals surface area (Å²) in [6, 6.07) is 13.3. The van der Waals surface area contributed by atoms with E-state index in [0.29, 0.717) is 18.9 Å². The van der Waals surface area contributed by atoms with Gasteiger partial charge in [0.2, 0.25) is 0 Å². The molecule has 7 nitrogen and oxygen atoms in total. The van der Waals surface area contributed by atoms with Gasteiger partial charge in [0.1, 0.15) is 5.82 Å². The minimum absolute atomic E-state index is 0.103. The number of nitrogens with one attached hydrogen (secondary N) is 1. The van der Waals surface area contributed by atoms with Crippen LogP contribution in [0, 0.1) is 6.92 Å². The lowest BCUT2D eigenvalue weighted by atomic mass is 10.0. The molecule has 1 aliphatic heterocycles. The summed E-state index contributed by atoms with van der Waals surface area (Å²) in [7, 11) is 1.52. The summed E-state index contributed by atoms with van der Waals surface area (Å²) in [6.45, 7) is 3.30. The number of aromatic nitrogens is 2. The fourth-order valence-corrected chi connectivity index (χ4v) is 4.86. The molecule has 3 aromatic rings. The largest absolute Gasteiger partial charge is 0.367 e. The van der Waals surface area contributed by atoms with Crippen molar-refractivity contribution in [2.45, 2.75) is 31.9 Å². The van der Waals surface area contributed by atoms with E-state index in [1.54, 1.807) is 12.3 Å². The number of carbonyl (C=O) groups excluding carboxylic acids is 2. The average Bonchev–Trinajstić information content (AvgIpc) is 3.43. The van der Waals surface area contributed by atoms with Gasteiger partial charge in [0, 0.05) is 26.3 Å². The second kappa shape index (κ2) is 9.45. The maximum absolute atomic E-state index is 12.9. The molecule has 1 N–H and O–H groups in total. The summed E-state index contributed by atoms with van der Waals surface area (Å²) >= 11 is 1.49. The number of benzene rings is 1. The number of rotatable bonds is 6. The van der Waals surface area contributed by atoms with E-state index in [9.17, 15) is 9.59 Å². The number of nitrogens with zero attached hydrogens (tertiary/aromatic N) is 3. The molecule has 0 bridgehead atoms. The molecule has 4 rings (SSSR count). The molecule has 1 unspecified atom stereocenters. The van der Waals surface area contributed by atoms with Crippen molar-refractivity contribution < 1.29 is 14.3 Å². The van der Waals surface area contributed by atoms with Crippen LogP contribution in [0.25, 0.3) is 0 Å². The van der Waals surface area contributed by atoms with Crippen LogP contribution >= 0.6 is 11.3 Å². The van der Waals surface area contributed by atoms with Crippen molar-refractivity contribution in [3.05, 3.63) is 70.0 Å². The SMILES string of the molecule is COC(C(=O)Nc1ccnn1C1CCN(C(=O)c2sccc2C)CC1)c1ccccc1. The molecule has 0 spiro atoms. The second-order valence-electron chi connectivity index (χ2n) is 7.63. The maximum atomic E-state index is 12.9. The van der Waals surface area contributed by atoms with E-state index in [0.717, 1.165) is 28.8 Å². The molecule has 1 aliphatic rings. The highest BCUT2D eigenvalue weighted by molar-refractivity contribution is 7.12. The van der Waals surface area contributed by atoms with Crippen molar-refractivity contribution in [3.8, 4) is 0 Å². The van der Waals surface area contributed by atoms with E-state index in [4.69, 9.17) is 4.74 Å². The molecular weight excluding hydrogens is 412 g/mol. The highest BCUT2D eigenvalue weighted by Crippen LogP contribution is 2.28. The maximum Gasteiger partial charge on any atom is 0.264 e. The van der Waals surface area contributed by atoms with Crippen molar-refractivity contribution in [2.24, 2.45) is 0 Å². The Morgan fingerprint density at radius 2 is 1.90 bits per heavy atom. The first-order chi connectivity index (χ1) is 15.1. The first kappa shape index (κ1) is 21.3. The molecular formula is C23H26N4O3S. The number of hydrogen-bond donors (Lipinski definition) is 1. The topological polar surface area (TPSA) is 76.5 Å². The monoisotopic (exact) mass is 438 g/mol. The van der Waals surface area contributed by atoms with Crippen molar-refractivity contribution in [3.63, 3.8) is 0 Å². The Bertz CT molecular complexity index is 1040. The van der Waals surface area contributed by atoms with Crippen LogP contribution in [-0.4, -0.2) is 46.7 Å². The number of amides is 2. The average molecular weight is 439 g/mol. The molecule has 8 heteroatoms. The Morgan fingerprint density at radius 3 is 2.55 bits per heavy atom. The molecule has 1 saturated heterocycles. The summed E-state index contributed by atoms with van der Waals surface area (Å²) in [6.07, 6.45) is 2.56. The van der Waals surface area contributed by atoms with Gasteiger partial charge < -0.3 is 15.0 Å². The number of methoxy groups -OCH3 is 1. The standard InChI is InChI=1S/C23H26N4O3S/c1-16-11-15-31-21(16)23(29)26-13-9-18(10-14-26)27-19(8-12-24-27)25-22(28)20(30-2)17-6-4-3-5-7-17/h3-8,11-12,15,18,20H,9-10,13-14H2,1-2H3,(H,25,28). The molecule has 31 heavy (non-hydrogen) atoms. The lowest BCUT2D eigenvalue weighted by molar-refractivity contribution is -0.126. The fourth-order valence-electron chi connectivity index (χ4n) is 3.97. The van der Waals surface area contributed by atoms with Gasteiger partial charge in [0.25, 0.3) is 11.8 Å². The number of anilines is 1. The van der Waals surface area contributed by atoms with Gasteiger partial charge in [-0.25, -0.2) is 4.68 Å². The van der Waals surface area contributed by atoms with Gasteiger partial charge >= 0.3 is 0 Å². The Hall–Kier alpha value is -2.97. The molecule has 0 aliphatic carbocycles. The minimum atomic E-state index is -0.696. The van der Waals surface area contributed by atoms with Gasteiger partial charge in [-0.1, -0.05) is 30.3 Å². The van der Waals surface area contributed by atoms with Crippen molar-refractivity contribution in [2.75, 3.05) is 25.5 Å². The quantitative estimate of drug-likeness (QED) is 0.630. The van der Waals surface area contributed by atoms with Crippen LogP contribution < -0.4 is 5.32 Å². The lowest BCUT2D eigenvalue weighted by Crippen LogP contribution is -2.39. The van der Waals surface area contributed by atoms with E-state index in [1.165, 1.54) is 18.4 Å². The van der Waals surface area contributed by atoms with Gasteiger partial charge in [0.05, 0.1) is 17.1 Å². The van der Waals surface area contributed by atoms with Crippen LogP contribution in [0.3, 0.4) is 0 Å². The number of piperidine rings is 1. The van der Waals surface area contributed by atoms with E-state index >= 15 is 0 Å². The van der Waals surface area contributed by atoms with Gasteiger partial charge in [-0.05, 0) is 42.3 Å². The Kier molecular flexibility index (Phi) is 6.48. The van der Waals surface area contributed by atoms with E-state index in [-0.39, 0.29) is 17.9 Å². The highest BCUT2D eigenvalue weighted by Gasteiger charge is 2.28. The number of hydrogen-bond acceptors (Lipinski definition) is 5. The third-order valence-corrected chi connectivity index (χ3v) is 6.66. The molecule has 0 radical (unpaired) electrons. The summed E-state index contributed by atoms with van der Waals surface area (Å²) in [5.41, 5.74) is 1.82. The van der Waals surface area contributed by atoms with Crippen LogP contribution in [0.4, 0.5) is 5.82 Å². The lowest BCUT2D eigenvalue weighted by Gasteiger charge is -2.32. The van der Waals surface area contributed by atoms with Crippen LogP contribution in [0.15, 0.2) is 54.0 Å². The number of thiophene rings is 1. The van der Waals surface area contributed by atoms with E-state index < -0.39 is 6.10 Å². The molecule has 0 saturated carbocycles. The van der Waals surface area contributed by atoms with Crippen LogP contribution in [0.1, 0.15) is 45.8 Å². The second-order valence-corrected chi connectivity index (χ2v) is 8.55. The molecule has 2 amide bonds. The zero-order valence-electron chi connectivity index (χ0n) is 17.7. The van der Waals surface area contributed by atoms with Crippen molar-refractivity contribution in [1.82, 2.24) is 14.7 Å². The predicted octanol–water partition coefficient (Wildman–Crippen LogP) is 4.06.